The fourth-order valence-electron chi connectivity index (χ4n) is 0.249. The Labute approximate surface area is 90.1 Å². The van der Waals surface area contributed by atoms with Crippen molar-refractivity contribution in [3.63, 3.8) is 0 Å². The molecule has 0 amide bonds. The van der Waals surface area contributed by atoms with E-state index in [0.29, 0.717) is 6.08 Å². The Bertz CT molecular complexity index is 179. The zero-order chi connectivity index (χ0) is 8.15. The summed E-state index contributed by atoms with van der Waals surface area (Å²) in [5, 5.41) is 14.9. The first kappa shape index (κ1) is 13.6. The number of hydrogen-bond donors (Lipinski definition) is 2. The number of halogens is 1. The van der Waals surface area contributed by atoms with Gasteiger partial charge < -0.3 is 10.2 Å². The van der Waals surface area contributed by atoms with Gasteiger partial charge in [0.2, 0.25) is 0 Å². The van der Waals surface area contributed by atoms with Gasteiger partial charge in [-0.05, 0) is 6.08 Å². The van der Waals surface area contributed by atoms with E-state index >= 15 is 0 Å². The predicted molar refractivity (Wildman–Crippen MR) is 41.2 cm³/mol. The van der Waals surface area contributed by atoms with Gasteiger partial charge in [-0.3, -0.25) is 4.79 Å². The van der Waals surface area contributed by atoms with E-state index in [-0.39, 0.29) is 29.6 Å². The molecule has 0 bridgehead atoms. The first-order valence-corrected chi connectivity index (χ1v) is 2.75. The molecule has 1 unspecified atom stereocenters. The molecular weight excluding hydrogens is 182 g/mol. The number of carboxylic acid groups (broad SMARTS) is 2. The van der Waals surface area contributed by atoms with Gasteiger partial charge in [0.25, 0.3) is 0 Å². The molecule has 0 spiro atoms. The van der Waals surface area contributed by atoms with Gasteiger partial charge in [0.15, 0.2) is 0 Å². The van der Waals surface area contributed by atoms with Crippen molar-refractivity contribution in [3.8, 4) is 0 Å². The van der Waals surface area contributed by atoms with Gasteiger partial charge in [-0.2, -0.15) is 0 Å². The van der Waals surface area contributed by atoms with Crippen LogP contribution >= 0.6 is 11.6 Å². The summed E-state index contributed by atoms with van der Waals surface area (Å²) < 4.78 is 0. The summed E-state index contributed by atoms with van der Waals surface area (Å²) in [6, 6.07) is 0. The minimum atomic E-state index is -1.27. The maximum atomic E-state index is 9.94. The predicted octanol–water partition coefficient (Wildman–Crippen LogP) is -0.329. The van der Waals surface area contributed by atoms with E-state index < -0.39 is 17.3 Å². The average molecular weight is 189 g/mol. The van der Waals surface area contributed by atoms with Gasteiger partial charge in [-0.15, -0.1) is 11.6 Å². The van der Waals surface area contributed by atoms with Crippen molar-refractivity contribution in [3.05, 3.63) is 12.2 Å². The van der Waals surface area contributed by atoms with Crippen LogP contribution in [0.4, 0.5) is 0 Å². The van der Waals surface area contributed by atoms with Gasteiger partial charge >= 0.3 is 41.5 Å². The molecule has 58 valence electrons. The second-order valence-corrected chi connectivity index (χ2v) is 1.91. The van der Waals surface area contributed by atoms with Crippen molar-refractivity contribution >= 4 is 53.1 Å². The number of carboxylic acids is 2. The van der Waals surface area contributed by atoms with Crippen LogP contribution in [0.25, 0.3) is 0 Å². The van der Waals surface area contributed by atoms with Crippen molar-refractivity contribution < 1.29 is 19.8 Å². The average Bonchev–Trinajstić information content (AvgIpc) is 1.82. The van der Waals surface area contributed by atoms with Gasteiger partial charge in [-0.25, -0.2) is 4.79 Å². The topological polar surface area (TPSA) is 74.6 Å². The molecule has 0 radical (unpaired) electrons. The fraction of sp³-hybridized carbons (Fsp3) is 0.200. The molecular formula is C5H6ClNaO4. The summed E-state index contributed by atoms with van der Waals surface area (Å²) in [5.41, 5.74) is 0. The molecule has 6 heteroatoms. The van der Waals surface area contributed by atoms with Crippen LogP contribution in [-0.4, -0.2) is 57.1 Å². The minimum absolute atomic E-state index is 0. The quantitative estimate of drug-likeness (QED) is 0.361. The Balaban J connectivity index is 0. The van der Waals surface area contributed by atoms with E-state index in [0.717, 1.165) is 6.08 Å². The first-order chi connectivity index (χ1) is 4.54. The van der Waals surface area contributed by atoms with E-state index in [2.05, 4.69) is 0 Å². The van der Waals surface area contributed by atoms with Crippen molar-refractivity contribution in [1.82, 2.24) is 0 Å². The zero-order valence-electron chi connectivity index (χ0n) is 4.82. The van der Waals surface area contributed by atoms with Gasteiger partial charge in [0, 0.05) is 6.08 Å². The molecule has 0 fully saturated rings. The molecule has 0 aromatic heterocycles. The third kappa shape index (κ3) is 7.87. The number of carbonyl (C=O) groups is 2. The molecule has 4 nitrogen and oxygen atoms in total. The molecule has 0 aromatic rings. The molecule has 11 heavy (non-hydrogen) atoms. The number of rotatable bonds is 3. The van der Waals surface area contributed by atoms with Gasteiger partial charge in [0.05, 0.1) is 0 Å². The Hall–Kier alpha value is -0.0300. The van der Waals surface area contributed by atoms with E-state index in [9.17, 15) is 9.59 Å². The third-order valence-electron chi connectivity index (χ3n) is 0.644. The molecule has 0 aliphatic rings. The molecule has 0 aliphatic heterocycles. The second-order valence-electron chi connectivity index (χ2n) is 1.44. The van der Waals surface area contributed by atoms with Crippen LogP contribution in [0.15, 0.2) is 12.2 Å². The summed E-state index contributed by atoms with van der Waals surface area (Å²) >= 11 is 5.11. The summed E-state index contributed by atoms with van der Waals surface area (Å²) in [4.78, 5) is 19.7. The van der Waals surface area contributed by atoms with Crippen LogP contribution < -0.4 is 0 Å². The molecule has 2 N–H and O–H groups in total. The molecule has 0 saturated heterocycles. The van der Waals surface area contributed by atoms with E-state index in [1.165, 1.54) is 0 Å². The SMILES string of the molecule is O=C(O)C=CC(Cl)C(=O)O.[NaH]. The normalized spacial score (nSPS) is 12.1. The molecule has 0 heterocycles. The van der Waals surface area contributed by atoms with Crippen molar-refractivity contribution in [2.75, 3.05) is 0 Å². The number of alkyl halides is 1. The van der Waals surface area contributed by atoms with Crippen LogP contribution in [-0.2, 0) is 9.59 Å². The summed E-state index contributed by atoms with van der Waals surface area (Å²) in [6.07, 6.45) is 1.57. The van der Waals surface area contributed by atoms with E-state index in [4.69, 9.17) is 21.8 Å². The van der Waals surface area contributed by atoms with Crippen LogP contribution in [0.1, 0.15) is 0 Å². The zero-order valence-corrected chi connectivity index (χ0v) is 5.58. The molecule has 0 aromatic carbocycles. The Morgan fingerprint density at radius 1 is 1.36 bits per heavy atom. The number of hydrogen-bond acceptors (Lipinski definition) is 2. The van der Waals surface area contributed by atoms with Crippen LogP contribution in [0.5, 0.6) is 0 Å². The first-order valence-electron chi connectivity index (χ1n) is 2.32. The summed E-state index contributed by atoms with van der Waals surface area (Å²) in [7, 11) is 0. The molecule has 0 saturated carbocycles. The Kier molecular flexibility index (Phi) is 8.21. The third-order valence-corrected chi connectivity index (χ3v) is 0.976. The molecule has 1 atom stereocenters. The molecule has 0 rings (SSSR count). The van der Waals surface area contributed by atoms with Crippen LogP contribution in [0.3, 0.4) is 0 Å². The Morgan fingerprint density at radius 3 is 2.09 bits per heavy atom. The van der Waals surface area contributed by atoms with Crippen molar-refractivity contribution in [1.29, 1.82) is 0 Å². The summed E-state index contributed by atoms with van der Waals surface area (Å²) in [6.45, 7) is 0. The van der Waals surface area contributed by atoms with Gasteiger partial charge in [-0.1, -0.05) is 0 Å². The second kappa shape index (κ2) is 6.67. The maximum absolute atomic E-state index is 9.94. The fourth-order valence-corrected chi connectivity index (χ4v) is 0.322. The standard InChI is InChI=1S/C5H5ClO4.Na.H/c6-3(5(9)10)1-2-4(7)8;;/h1-3H,(H,7,8)(H,9,10);;. The Morgan fingerprint density at radius 2 is 1.82 bits per heavy atom. The monoisotopic (exact) mass is 188 g/mol. The van der Waals surface area contributed by atoms with E-state index in [1.54, 1.807) is 0 Å². The summed E-state index contributed by atoms with van der Waals surface area (Å²) in [5.74, 6) is -2.48. The van der Waals surface area contributed by atoms with Gasteiger partial charge in [0.1, 0.15) is 5.38 Å². The van der Waals surface area contributed by atoms with Crippen LogP contribution in [0, 0.1) is 0 Å². The molecule has 0 aliphatic carbocycles. The van der Waals surface area contributed by atoms with E-state index in [1.807, 2.05) is 0 Å². The van der Waals surface area contributed by atoms with Crippen LogP contribution in [0.2, 0.25) is 0 Å². The van der Waals surface area contributed by atoms with Crippen molar-refractivity contribution in [2.24, 2.45) is 0 Å². The van der Waals surface area contributed by atoms with Crippen molar-refractivity contribution in [2.45, 2.75) is 5.38 Å². The number of aliphatic carboxylic acids is 2.